The van der Waals surface area contributed by atoms with Crippen molar-refractivity contribution in [3.05, 3.63) is 54.6 Å². The summed E-state index contributed by atoms with van der Waals surface area (Å²) in [6.07, 6.45) is 5.27. The molecule has 5 atom stereocenters. The lowest BCUT2D eigenvalue weighted by Crippen LogP contribution is -2.68. The van der Waals surface area contributed by atoms with Crippen LogP contribution in [0.5, 0.6) is 5.75 Å². The number of hydrogen-bond donors (Lipinski definition) is 1. The molecule has 1 saturated carbocycles. The quantitative estimate of drug-likeness (QED) is 0.860. The lowest BCUT2D eigenvalue weighted by atomic mass is 9.55. The van der Waals surface area contributed by atoms with Crippen molar-refractivity contribution in [2.24, 2.45) is 11.8 Å². The third kappa shape index (κ3) is 1.94. The van der Waals surface area contributed by atoms with Crippen LogP contribution in [0.4, 0.5) is 0 Å². The number of methoxy groups -OCH3 is 1. The first-order valence-corrected chi connectivity index (χ1v) is 9.32. The predicted molar refractivity (Wildman–Crippen MR) is 99.7 cm³/mol. The van der Waals surface area contributed by atoms with Gasteiger partial charge >= 0.3 is 0 Å². The Hall–Kier alpha value is -1.84. The summed E-state index contributed by atoms with van der Waals surface area (Å²) < 4.78 is 5.40. The average molecular weight is 335 g/mol. The summed E-state index contributed by atoms with van der Waals surface area (Å²) in [5.74, 6) is 2.15. The molecule has 0 amide bonds. The molecule has 1 aliphatic carbocycles. The fourth-order valence-corrected chi connectivity index (χ4v) is 5.78. The molecule has 130 valence electrons. The Morgan fingerprint density at radius 2 is 2.24 bits per heavy atom. The highest BCUT2D eigenvalue weighted by Gasteiger charge is 2.67. The van der Waals surface area contributed by atoms with Gasteiger partial charge in [0.1, 0.15) is 5.75 Å². The lowest BCUT2D eigenvalue weighted by molar-refractivity contribution is -0.117. The highest BCUT2D eigenvalue weighted by molar-refractivity contribution is 5.87. The van der Waals surface area contributed by atoms with E-state index in [2.05, 4.69) is 47.9 Å². The molecule has 1 N–H and O–H groups in total. The molecule has 3 aliphatic rings. The van der Waals surface area contributed by atoms with Crippen molar-refractivity contribution in [1.82, 2.24) is 4.90 Å². The smallest absolute Gasteiger partial charge is 0.119 e. The number of ether oxygens (including phenoxy) is 1. The van der Waals surface area contributed by atoms with Gasteiger partial charge in [0.25, 0.3) is 0 Å². The number of aliphatic hydroxyl groups is 1. The van der Waals surface area contributed by atoms with Crippen molar-refractivity contribution >= 4 is 10.8 Å². The number of rotatable bonds is 4. The second kappa shape index (κ2) is 5.33. The monoisotopic (exact) mass is 335 g/mol. The van der Waals surface area contributed by atoms with Crippen LogP contribution in [0.3, 0.4) is 0 Å². The molecule has 25 heavy (non-hydrogen) atoms. The minimum Gasteiger partial charge on any atom is -0.497 e. The maximum Gasteiger partial charge on any atom is 0.119 e. The van der Waals surface area contributed by atoms with E-state index in [9.17, 15) is 5.11 Å². The number of fused-ring (bicyclic) bond motifs is 1. The van der Waals surface area contributed by atoms with E-state index in [1.807, 2.05) is 6.07 Å². The molecule has 2 heterocycles. The van der Waals surface area contributed by atoms with Gasteiger partial charge in [-0.2, -0.15) is 0 Å². The van der Waals surface area contributed by atoms with Crippen LogP contribution in [0.2, 0.25) is 0 Å². The molecule has 0 aromatic heterocycles. The third-order valence-electron chi connectivity index (χ3n) is 7.16. The molecular weight excluding hydrogens is 310 g/mol. The van der Waals surface area contributed by atoms with Crippen LogP contribution in [0, 0.1) is 11.8 Å². The van der Waals surface area contributed by atoms with Gasteiger partial charge < -0.3 is 9.84 Å². The van der Waals surface area contributed by atoms with E-state index >= 15 is 0 Å². The third-order valence-corrected chi connectivity index (χ3v) is 7.16. The van der Waals surface area contributed by atoms with E-state index in [4.69, 9.17) is 4.74 Å². The highest BCUT2D eigenvalue weighted by atomic mass is 16.5. The molecule has 3 heteroatoms. The normalized spacial score (nSPS) is 34.6. The summed E-state index contributed by atoms with van der Waals surface area (Å²) in [7, 11) is 1.69. The topological polar surface area (TPSA) is 32.7 Å². The second-order valence-corrected chi connectivity index (χ2v) is 7.94. The summed E-state index contributed by atoms with van der Waals surface area (Å²) in [4.78, 5) is 2.58. The van der Waals surface area contributed by atoms with Crippen molar-refractivity contribution in [3.63, 3.8) is 0 Å². The van der Waals surface area contributed by atoms with Crippen LogP contribution in [-0.4, -0.2) is 35.2 Å². The molecule has 2 aliphatic heterocycles. The summed E-state index contributed by atoms with van der Waals surface area (Å²) in [6, 6.07) is 12.5. The van der Waals surface area contributed by atoms with Gasteiger partial charge in [0.2, 0.25) is 0 Å². The van der Waals surface area contributed by atoms with E-state index in [1.54, 1.807) is 7.11 Å². The van der Waals surface area contributed by atoms with E-state index in [1.165, 1.54) is 12.8 Å². The van der Waals surface area contributed by atoms with E-state index in [-0.39, 0.29) is 6.04 Å². The number of nitrogens with zero attached hydrogens (tertiary/aromatic N) is 1. The Bertz CT molecular complexity index is 847. The second-order valence-electron chi connectivity index (χ2n) is 7.94. The Kier molecular flexibility index (Phi) is 3.28. The maximum atomic E-state index is 11.3. The average Bonchev–Trinajstić information content (AvgIpc) is 2.77. The number of benzene rings is 2. The molecular formula is C22H25NO2. The van der Waals surface area contributed by atoms with Gasteiger partial charge in [0, 0.05) is 18.1 Å². The first-order chi connectivity index (χ1) is 12.2. The Morgan fingerprint density at radius 3 is 2.96 bits per heavy atom. The zero-order chi connectivity index (χ0) is 17.2. The largest absolute Gasteiger partial charge is 0.497 e. The van der Waals surface area contributed by atoms with Crippen molar-refractivity contribution in [1.29, 1.82) is 0 Å². The highest BCUT2D eigenvalue weighted by Crippen LogP contribution is 2.64. The molecule has 3 fully saturated rings. The van der Waals surface area contributed by atoms with Crippen molar-refractivity contribution in [2.45, 2.75) is 36.9 Å². The van der Waals surface area contributed by atoms with Crippen LogP contribution < -0.4 is 4.74 Å². The summed E-state index contributed by atoms with van der Waals surface area (Å²) in [5.41, 5.74) is 1.40. The zero-order valence-corrected chi connectivity index (χ0v) is 14.7. The zero-order valence-electron chi connectivity index (χ0n) is 14.7. The minimum absolute atomic E-state index is 0.223. The first-order valence-electron chi connectivity index (χ1n) is 9.32. The molecule has 3 nitrogen and oxygen atoms in total. The predicted octanol–water partition coefficient (Wildman–Crippen LogP) is 3.92. The van der Waals surface area contributed by atoms with Gasteiger partial charge in [-0.1, -0.05) is 30.3 Å². The Morgan fingerprint density at radius 1 is 1.36 bits per heavy atom. The van der Waals surface area contributed by atoms with Gasteiger partial charge in [-0.3, -0.25) is 4.90 Å². The van der Waals surface area contributed by atoms with Crippen LogP contribution in [-0.2, 0) is 0 Å². The maximum absolute atomic E-state index is 11.3. The summed E-state index contributed by atoms with van der Waals surface area (Å²) >= 11 is 0. The van der Waals surface area contributed by atoms with Crippen LogP contribution in [0.15, 0.2) is 49.1 Å². The molecule has 0 radical (unpaired) electrons. The van der Waals surface area contributed by atoms with Gasteiger partial charge in [-0.05, 0) is 59.6 Å². The first kappa shape index (κ1) is 15.4. The molecule has 2 saturated heterocycles. The van der Waals surface area contributed by atoms with Gasteiger partial charge in [-0.25, -0.2) is 0 Å². The van der Waals surface area contributed by atoms with Crippen molar-refractivity contribution in [2.75, 3.05) is 13.7 Å². The van der Waals surface area contributed by atoms with Crippen LogP contribution >= 0.6 is 0 Å². The number of aliphatic hydroxyl groups excluding tert-OH is 1. The minimum atomic E-state index is -0.455. The van der Waals surface area contributed by atoms with Crippen LogP contribution in [0.25, 0.3) is 10.8 Å². The van der Waals surface area contributed by atoms with E-state index < -0.39 is 6.10 Å². The van der Waals surface area contributed by atoms with E-state index in [0.717, 1.165) is 35.1 Å². The Balaban J connectivity index is 1.52. The van der Waals surface area contributed by atoms with Crippen molar-refractivity contribution < 1.29 is 9.84 Å². The molecule has 2 aromatic rings. The van der Waals surface area contributed by atoms with Gasteiger partial charge in [0.05, 0.1) is 13.2 Å². The standard InChI is InChI=1S/C22H25NO2/c1-3-14-13-22-9-10-23(22)20(12-19(14)22)21(24)17-6-4-5-15-7-8-16(25-2)11-18(15)17/h3-8,11,14,19-21,24H,1,9-10,12-13H2,2H3/t14?,19?,20?,21-,22?/m0/s1. The molecule has 1 spiro atoms. The molecule has 4 unspecified atom stereocenters. The molecule has 0 bridgehead atoms. The Labute approximate surface area is 148 Å². The summed E-state index contributed by atoms with van der Waals surface area (Å²) in [6.45, 7) is 5.14. The van der Waals surface area contributed by atoms with Crippen LogP contribution in [0.1, 0.15) is 30.9 Å². The molecule has 2 aromatic carbocycles. The fourth-order valence-electron chi connectivity index (χ4n) is 5.78. The molecule has 5 rings (SSSR count). The number of hydrogen-bond acceptors (Lipinski definition) is 3. The summed E-state index contributed by atoms with van der Waals surface area (Å²) in [5, 5.41) is 13.6. The van der Waals surface area contributed by atoms with Gasteiger partial charge in [-0.15, -0.1) is 6.58 Å². The fraction of sp³-hybridized carbons (Fsp3) is 0.455. The lowest BCUT2D eigenvalue weighted by Gasteiger charge is -2.62. The van der Waals surface area contributed by atoms with Crippen molar-refractivity contribution in [3.8, 4) is 5.75 Å². The van der Waals surface area contributed by atoms with Gasteiger partial charge in [0.15, 0.2) is 0 Å². The number of allylic oxidation sites excluding steroid dienone is 1. The van der Waals surface area contributed by atoms with E-state index in [0.29, 0.717) is 17.4 Å². The SMILES string of the molecule is C=CC1CC23CCN2C([C@@H](O)c2cccc4ccc(OC)cc24)CC13.